The first-order valence-electron chi connectivity index (χ1n) is 12.6. The Morgan fingerprint density at radius 2 is 1.77 bits per heavy atom. The Morgan fingerprint density at radius 1 is 1.07 bits per heavy atom. The summed E-state index contributed by atoms with van der Waals surface area (Å²) >= 11 is 0.922. The molecule has 1 aromatic rings. The summed E-state index contributed by atoms with van der Waals surface area (Å²) in [6.07, 6.45) is 1.42. The van der Waals surface area contributed by atoms with Gasteiger partial charge in [0.2, 0.25) is 17.7 Å². The van der Waals surface area contributed by atoms with Crippen LogP contribution in [0, 0.1) is 5.41 Å². The molecule has 0 radical (unpaired) electrons. The van der Waals surface area contributed by atoms with Crippen molar-refractivity contribution in [3.63, 3.8) is 0 Å². The first-order chi connectivity index (χ1) is 18.8. The monoisotopic (exact) mass is 586 g/mol. The predicted octanol–water partition coefficient (Wildman–Crippen LogP) is -1.54. The normalized spacial score (nSPS) is 12.6. The average molecular weight is 587 g/mol. The number of aromatic amines is 1. The highest BCUT2D eigenvalue weighted by molar-refractivity contribution is 8.13. The summed E-state index contributed by atoms with van der Waals surface area (Å²) in [4.78, 5) is 77.2. The van der Waals surface area contributed by atoms with E-state index in [4.69, 9.17) is 15.6 Å². The molecular weight excluding hydrogens is 548 g/mol. The van der Waals surface area contributed by atoms with Crippen molar-refractivity contribution in [2.24, 2.45) is 11.1 Å². The molecule has 16 heteroatoms. The number of carbonyl (C=O) groups is 6. The smallest absolute Gasteiger partial charge is 0.322 e. The van der Waals surface area contributed by atoms with Crippen LogP contribution in [0.3, 0.4) is 0 Å². The van der Waals surface area contributed by atoms with E-state index in [1.807, 2.05) is 0 Å². The van der Waals surface area contributed by atoms with Gasteiger partial charge >= 0.3 is 11.9 Å². The summed E-state index contributed by atoms with van der Waals surface area (Å²) < 4.78 is 5.03. The highest BCUT2D eigenvalue weighted by atomic mass is 32.2. The van der Waals surface area contributed by atoms with E-state index in [1.165, 1.54) is 20.2 Å². The van der Waals surface area contributed by atoms with E-state index < -0.39 is 35.4 Å². The van der Waals surface area contributed by atoms with Crippen LogP contribution in [0.1, 0.15) is 45.2 Å². The molecule has 0 aliphatic rings. The van der Waals surface area contributed by atoms with Gasteiger partial charge < -0.3 is 41.6 Å². The van der Waals surface area contributed by atoms with Crippen LogP contribution in [0.4, 0.5) is 0 Å². The van der Waals surface area contributed by atoms with Crippen LogP contribution < -0.4 is 21.7 Å². The van der Waals surface area contributed by atoms with Gasteiger partial charge in [0.1, 0.15) is 12.1 Å². The lowest BCUT2D eigenvalue weighted by Crippen LogP contribution is -2.47. The zero-order chi connectivity index (χ0) is 30.1. The Bertz CT molecular complexity index is 1000. The van der Waals surface area contributed by atoms with Crippen molar-refractivity contribution in [3.05, 3.63) is 18.2 Å². The number of aliphatic carboxylic acids is 1. The van der Waals surface area contributed by atoms with Crippen LogP contribution >= 0.6 is 11.8 Å². The van der Waals surface area contributed by atoms with Crippen molar-refractivity contribution in [3.8, 4) is 0 Å². The molecule has 1 rings (SSSR count). The third kappa shape index (κ3) is 14.6. The van der Waals surface area contributed by atoms with Crippen LogP contribution in [0.25, 0.3) is 0 Å². The summed E-state index contributed by atoms with van der Waals surface area (Å²) in [5.74, 6) is -3.23. The summed E-state index contributed by atoms with van der Waals surface area (Å²) in [5, 5.41) is 26.3. The number of ether oxygens (including phenoxy) is 1. The second-order valence-corrected chi connectivity index (χ2v) is 10.7. The minimum absolute atomic E-state index is 0.0670. The van der Waals surface area contributed by atoms with Gasteiger partial charge in [-0.1, -0.05) is 25.6 Å². The molecule has 0 spiro atoms. The van der Waals surface area contributed by atoms with Crippen LogP contribution in [-0.2, 0) is 39.9 Å². The molecule has 8 N–H and O–H groups in total. The van der Waals surface area contributed by atoms with E-state index in [2.05, 4.69) is 25.9 Å². The Labute approximate surface area is 235 Å². The third-order valence-corrected chi connectivity index (χ3v) is 6.34. The number of thioether (sulfide) groups is 1. The number of aliphatic hydroxyl groups excluding tert-OH is 1. The van der Waals surface area contributed by atoms with Gasteiger partial charge in [-0.2, -0.15) is 0 Å². The summed E-state index contributed by atoms with van der Waals surface area (Å²) in [6.45, 7) is 3.12. The number of nitrogens with one attached hydrogen (secondary N) is 4. The van der Waals surface area contributed by atoms with E-state index in [1.54, 1.807) is 6.20 Å². The second kappa shape index (κ2) is 18.0. The van der Waals surface area contributed by atoms with Gasteiger partial charge in [0.25, 0.3) is 0 Å². The minimum Gasteiger partial charge on any atom is -0.481 e. The molecule has 15 nitrogen and oxygen atoms in total. The number of nitrogens with zero attached hydrogens (tertiary/aromatic N) is 1. The molecule has 1 aromatic heterocycles. The van der Waals surface area contributed by atoms with E-state index in [9.17, 15) is 33.9 Å². The molecule has 0 aliphatic heterocycles. The number of aromatic nitrogens is 2. The summed E-state index contributed by atoms with van der Waals surface area (Å²) in [7, 11) is 0. The number of imidazole rings is 1. The van der Waals surface area contributed by atoms with E-state index in [0.29, 0.717) is 13.0 Å². The van der Waals surface area contributed by atoms with Crippen molar-refractivity contribution in [1.29, 1.82) is 0 Å². The molecule has 0 bridgehead atoms. The highest BCUT2D eigenvalue weighted by Gasteiger charge is 2.35. The van der Waals surface area contributed by atoms with E-state index >= 15 is 0 Å². The maximum Gasteiger partial charge on any atom is 0.322 e. The standard InChI is InChI=1S/C24H38N6O9S/c1-24(2,13-39-23(38)16(25)3-4-19(33)34)21(36)22(37)29-8-6-17(31)28-9-10-40-20(35)11-18(32)27-7-5-15-12-26-14-30-15/h12,14,16,21,36H,3-11,13,25H2,1-2H3,(H,26,30)(H,27,32)(H,28,31)(H,29,37)(H,33,34)/t16-,21-/m0/s1. The molecule has 1 heterocycles. The number of esters is 1. The lowest BCUT2D eigenvalue weighted by molar-refractivity contribution is -0.154. The lowest BCUT2D eigenvalue weighted by Gasteiger charge is -2.29. The van der Waals surface area contributed by atoms with Crippen molar-refractivity contribution >= 4 is 46.5 Å². The van der Waals surface area contributed by atoms with Crippen molar-refractivity contribution < 1.29 is 43.7 Å². The van der Waals surface area contributed by atoms with Gasteiger partial charge in [-0.05, 0) is 6.42 Å². The second-order valence-electron chi connectivity index (χ2n) is 9.50. The van der Waals surface area contributed by atoms with Gasteiger partial charge in [-0.25, -0.2) is 4.98 Å². The third-order valence-electron chi connectivity index (χ3n) is 5.46. The number of carbonyl (C=O) groups excluding carboxylic acids is 5. The highest BCUT2D eigenvalue weighted by Crippen LogP contribution is 2.22. The Morgan fingerprint density at radius 3 is 2.42 bits per heavy atom. The number of rotatable bonds is 19. The molecule has 224 valence electrons. The first-order valence-corrected chi connectivity index (χ1v) is 13.6. The molecule has 0 aromatic carbocycles. The van der Waals surface area contributed by atoms with Gasteiger partial charge in [0, 0.05) is 62.0 Å². The molecular formula is C24H38N6O9S. The number of nitrogens with two attached hydrogens (primary N) is 1. The number of aliphatic hydroxyl groups is 1. The molecule has 40 heavy (non-hydrogen) atoms. The average Bonchev–Trinajstić information content (AvgIpc) is 3.41. The maximum atomic E-state index is 12.3. The van der Waals surface area contributed by atoms with E-state index in [-0.39, 0.29) is 68.1 Å². The Balaban J connectivity index is 2.18. The quantitative estimate of drug-likeness (QED) is 0.0554. The molecule has 0 fully saturated rings. The predicted molar refractivity (Wildman–Crippen MR) is 144 cm³/mol. The Hall–Kier alpha value is -3.50. The summed E-state index contributed by atoms with van der Waals surface area (Å²) in [6, 6.07) is -1.14. The van der Waals surface area contributed by atoms with Crippen molar-refractivity contribution in [1.82, 2.24) is 25.9 Å². The lowest BCUT2D eigenvalue weighted by atomic mass is 9.87. The Kier molecular flexibility index (Phi) is 15.5. The number of hydrogen-bond acceptors (Lipinski definition) is 11. The molecule has 0 aliphatic carbocycles. The SMILES string of the molecule is CC(C)(COC(=O)[C@@H](N)CCC(=O)O)[C@@H](O)C(=O)NCCC(=O)NCCSC(=O)CC(=O)NCCc1cnc[nH]1. The fourth-order valence-corrected chi connectivity index (χ4v) is 3.70. The molecule has 0 unspecified atom stereocenters. The van der Waals surface area contributed by atoms with E-state index in [0.717, 1.165) is 17.5 Å². The number of H-pyrrole nitrogens is 1. The van der Waals surface area contributed by atoms with Gasteiger partial charge in [-0.3, -0.25) is 28.8 Å². The van der Waals surface area contributed by atoms with Crippen LogP contribution in [0.2, 0.25) is 0 Å². The van der Waals surface area contributed by atoms with Gasteiger partial charge in [0.15, 0.2) is 5.12 Å². The number of amides is 3. The number of carboxylic acid groups (broad SMARTS) is 1. The molecule has 0 saturated carbocycles. The van der Waals surface area contributed by atoms with Crippen LogP contribution in [0.15, 0.2) is 12.5 Å². The summed E-state index contributed by atoms with van der Waals surface area (Å²) in [5.41, 5.74) is 5.26. The van der Waals surface area contributed by atoms with Crippen molar-refractivity contribution in [2.75, 3.05) is 32.0 Å². The van der Waals surface area contributed by atoms with Gasteiger partial charge in [-0.15, -0.1) is 0 Å². The maximum absolute atomic E-state index is 12.3. The fourth-order valence-electron chi connectivity index (χ4n) is 3.04. The minimum atomic E-state index is -1.57. The van der Waals surface area contributed by atoms with Crippen molar-refractivity contribution in [2.45, 2.75) is 58.1 Å². The number of carboxylic acids is 1. The largest absolute Gasteiger partial charge is 0.481 e. The number of hydrogen-bond donors (Lipinski definition) is 7. The fraction of sp³-hybridized carbons (Fsp3) is 0.625. The van der Waals surface area contributed by atoms with Gasteiger partial charge in [0.05, 0.1) is 19.4 Å². The zero-order valence-corrected chi connectivity index (χ0v) is 23.4. The van der Waals surface area contributed by atoms with Crippen LogP contribution in [-0.4, -0.2) is 99.1 Å². The molecule has 3 amide bonds. The van der Waals surface area contributed by atoms with Crippen LogP contribution in [0.5, 0.6) is 0 Å². The first kappa shape index (κ1) is 34.5. The molecule has 0 saturated heterocycles. The molecule has 2 atom stereocenters. The topological polar surface area (TPSA) is 243 Å². The zero-order valence-electron chi connectivity index (χ0n) is 22.6.